The molecule has 1 aromatic carbocycles. The minimum Gasteiger partial charge on any atom is -0.337 e. The lowest BCUT2D eigenvalue weighted by Crippen LogP contribution is -2.41. The van der Waals surface area contributed by atoms with Crippen molar-refractivity contribution in [3.05, 3.63) is 31.8 Å². The molecule has 1 aliphatic heterocycles. The van der Waals surface area contributed by atoms with Gasteiger partial charge in [-0.05, 0) is 66.6 Å². The van der Waals surface area contributed by atoms with Crippen molar-refractivity contribution in [3.8, 4) is 0 Å². The van der Waals surface area contributed by atoms with Crippen LogP contribution in [0.3, 0.4) is 0 Å². The molecule has 110 valence electrons. The van der Waals surface area contributed by atoms with Gasteiger partial charge in [0.15, 0.2) is 0 Å². The fourth-order valence-electron chi connectivity index (χ4n) is 2.56. The van der Waals surface area contributed by atoms with E-state index < -0.39 is 0 Å². The zero-order valence-electron chi connectivity index (χ0n) is 11.7. The molecule has 1 saturated heterocycles. The Morgan fingerprint density at radius 3 is 3.00 bits per heavy atom. The third-order valence-corrected chi connectivity index (χ3v) is 4.98. The maximum Gasteiger partial charge on any atom is 0.255 e. The molecule has 0 aliphatic carbocycles. The van der Waals surface area contributed by atoms with Crippen molar-refractivity contribution in [1.29, 1.82) is 0 Å². The first-order valence-corrected chi connectivity index (χ1v) is 8.96. The Hall–Kier alpha value is -0.140. The topological polar surface area (TPSA) is 32.3 Å². The summed E-state index contributed by atoms with van der Waals surface area (Å²) in [7, 11) is 0. The lowest BCUT2D eigenvalue weighted by molar-refractivity contribution is 0.0740. The lowest BCUT2D eigenvalue weighted by atomic mass is 10.1. The Morgan fingerprint density at radius 2 is 2.35 bits per heavy atom. The van der Waals surface area contributed by atoms with Gasteiger partial charge in [-0.1, -0.05) is 22.9 Å². The number of benzene rings is 1. The lowest BCUT2D eigenvalue weighted by Gasteiger charge is -2.26. The summed E-state index contributed by atoms with van der Waals surface area (Å²) in [5.74, 6) is 0.145. The summed E-state index contributed by atoms with van der Waals surface area (Å²) in [5, 5.41) is 3.47. The minimum absolute atomic E-state index is 0.145. The van der Waals surface area contributed by atoms with Gasteiger partial charge in [0, 0.05) is 27.2 Å². The number of nitrogens with one attached hydrogen (secondary N) is 1. The SMILES string of the molecule is CCCN(CC1CCCN1)C(=O)c1cc(Br)ccc1I. The zero-order valence-corrected chi connectivity index (χ0v) is 15.4. The summed E-state index contributed by atoms with van der Waals surface area (Å²) in [4.78, 5) is 14.8. The Bertz CT molecular complexity index is 475. The number of hydrogen-bond donors (Lipinski definition) is 1. The van der Waals surface area contributed by atoms with E-state index in [4.69, 9.17) is 0 Å². The van der Waals surface area contributed by atoms with Crippen molar-refractivity contribution in [2.24, 2.45) is 0 Å². The molecule has 1 aliphatic rings. The molecule has 3 nitrogen and oxygen atoms in total. The number of carbonyl (C=O) groups excluding carboxylic acids is 1. The van der Waals surface area contributed by atoms with Crippen molar-refractivity contribution < 1.29 is 4.79 Å². The predicted octanol–water partition coefficient (Wildman–Crippen LogP) is 3.66. The minimum atomic E-state index is 0.145. The number of nitrogens with zero attached hydrogens (tertiary/aromatic N) is 1. The van der Waals surface area contributed by atoms with Crippen LogP contribution < -0.4 is 5.32 Å². The van der Waals surface area contributed by atoms with Crippen molar-refractivity contribution in [2.45, 2.75) is 32.2 Å². The summed E-state index contributed by atoms with van der Waals surface area (Å²) in [5.41, 5.74) is 0.798. The fourth-order valence-corrected chi connectivity index (χ4v) is 3.48. The number of hydrogen-bond acceptors (Lipinski definition) is 2. The third kappa shape index (κ3) is 4.18. The Kier molecular flexibility index (Phi) is 6.29. The van der Waals surface area contributed by atoms with Gasteiger partial charge in [0.05, 0.1) is 5.56 Å². The molecule has 1 heterocycles. The van der Waals surface area contributed by atoms with Crippen LogP contribution in [0.15, 0.2) is 22.7 Å². The largest absolute Gasteiger partial charge is 0.337 e. The molecule has 0 aromatic heterocycles. The van der Waals surface area contributed by atoms with Crippen molar-refractivity contribution >= 4 is 44.4 Å². The van der Waals surface area contributed by atoms with E-state index in [9.17, 15) is 4.79 Å². The van der Waals surface area contributed by atoms with E-state index in [0.717, 1.165) is 39.7 Å². The van der Waals surface area contributed by atoms with Crippen LogP contribution in [-0.2, 0) is 0 Å². The van der Waals surface area contributed by atoms with E-state index in [2.05, 4.69) is 50.8 Å². The molecule has 1 N–H and O–H groups in total. The van der Waals surface area contributed by atoms with Gasteiger partial charge in [0.2, 0.25) is 0 Å². The van der Waals surface area contributed by atoms with Gasteiger partial charge in [-0.25, -0.2) is 0 Å². The molecule has 0 spiro atoms. The van der Waals surface area contributed by atoms with Crippen LogP contribution in [0, 0.1) is 3.57 Å². The van der Waals surface area contributed by atoms with Gasteiger partial charge in [0.25, 0.3) is 5.91 Å². The van der Waals surface area contributed by atoms with Gasteiger partial charge >= 0.3 is 0 Å². The molecule has 0 bridgehead atoms. The Labute approximate surface area is 142 Å². The number of halogens is 2. The quantitative estimate of drug-likeness (QED) is 0.694. The summed E-state index contributed by atoms with van der Waals surface area (Å²) >= 11 is 5.69. The van der Waals surface area contributed by atoms with E-state index in [1.807, 2.05) is 23.1 Å². The second kappa shape index (κ2) is 7.75. The van der Waals surface area contributed by atoms with Gasteiger partial charge < -0.3 is 10.2 Å². The molecule has 1 fully saturated rings. The number of carbonyl (C=O) groups is 1. The van der Waals surface area contributed by atoms with Gasteiger partial charge in [-0.2, -0.15) is 0 Å². The van der Waals surface area contributed by atoms with Crippen LogP contribution in [-0.4, -0.2) is 36.5 Å². The molecule has 1 aromatic rings. The second-order valence-electron chi connectivity index (χ2n) is 5.17. The average Bonchev–Trinajstić information content (AvgIpc) is 2.93. The molecule has 1 atom stereocenters. The molecule has 2 rings (SSSR count). The maximum atomic E-state index is 12.8. The van der Waals surface area contributed by atoms with Crippen LogP contribution in [0.2, 0.25) is 0 Å². The molecular weight excluding hydrogens is 431 g/mol. The Morgan fingerprint density at radius 1 is 1.55 bits per heavy atom. The predicted molar refractivity (Wildman–Crippen MR) is 94.1 cm³/mol. The highest BCUT2D eigenvalue weighted by molar-refractivity contribution is 14.1. The normalized spacial score (nSPS) is 18.2. The molecule has 1 unspecified atom stereocenters. The first-order valence-electron chi connectivity index (χ1n) is 7.09. The van der Waals surface area contributed by atoms with Crippen molar-refractivity contribution in [1.82, 2.24) is 10.2 Å². The highest BCUT2D eigenvalue weighted by Gasteiger charge is 2.23. The van der Waals surface area contributed by atoms with Crippen LogP contribution in [0.1, 0.15) is 36.5 Å². The van der Waals surface area contributed by atoms with Gasteiger partial charge in [-0.15, -0.1) is 0 Å². The van der Waals surface area contributed by atoms with Crippen molar-refractivity contribution in [3.63, 3.8) is 0 Å². The molecule has 0 radical (unpaired) electrons. The van der Waals surface area contributed by atoms with Crippen LogP contribution in [0.4, 0.5) is 0 Å². The molecule has 5 heteroatoms. The highest BCUT2D eigenvalue weighted by Crippen LogP contribution is 2.21. The van der Waals surface area contributed by atoms with E-state index >= 15 is 0 Å². The van der Waals surface area contributed by atoms with E-state index in [1.165, 1.54) is 12.8 Å². The van der Waals surface area contributed by atoms with Crippen LogP contribution in [0.25, 0.3) is 0 Å². The smallest absolute Gasteiger partial charge is 0.255 e. The Balaban J connectivity index is 2.14. The third-order valence-electron chi connectivity index (χ3n) is 3.54. The molecule has 0 saturated carbocycles. The average molecular weight is 451 g/mol. The fraction of sp³-hybridized carbons (Fsp3) is 0.533. The van der Waals surface area contributed by atoms with Crippen molar-refractivity contribution in [2.75, 3.05) is 19.6 Å². The number of amides is 1. The van der Waals surface area contributed by atoms with Gasteiger partial charge in [-0.3, -0.25) is 4.79 Å². The standard InChI is InChI=1S/C15H20BrIN2O/c1-2-8-19(10-12-4-3-7-18-12)15(20)13-9-11(16)5-6-14(13)17/h5-6,9,12,18H,2-4,7-8,10H2,1H3. The summed E-state index contributed by atoms with van der Waals surface area (Å²) in [6, 6.07) is 6.33. The highest BCUT2D eigenvalue weighted by atomic mass is 127. The van der Waals surface area contributed by atoms with Crippen LogP contribution >= 0.6 is 38.5 Å². The maximum absolute atomic E-state index is 12.8. The van der Waals surface area contributed by atoms with E-state index in [1.54, 1.807) is 0 Å². The zero-order chi connectivity index (χ0) is 14.5. The number of rotatable bonds is 5. The monoisotopic (exact) mass is 450 g/mol. The molecule has 1 amide bonds. The molecule has 20 heavy (non-hydrogen) atoms. The summed E-state index contributed by atoms with van der Waals surface area (Å²) in [6.07, 6.45) is 3.37. The first-order chi connectivity index (χ1) is 9.61. The van der Waals surface area contributed by atoms with Crippen LogP contribution in [0.5, 0.6) is 0 Å². The molecular formula is C15H20BrIN2O. The summed E-state index contributed by atoms with van der Waals surface area (Å²) < 4.78 is 1.97. The first kappa shape index (κ1) is 16.2. The van der Waals surface area contributed by atoms with Gasteiger partial charge in [0.1, 0.15) is 0 Å². The van der Waals surface area contributed by atoms with E-state index in [-0.39, 0.29) is 5.91 Å². The second-order valence-corrected chi connectivity index (χ2v) is 7.25. The van der Waals surface area contributed by atoms with E-state index in [0.29, 0.717) is 6.04 Å². The summed E-state index contributed by atoms with van der Waals surface area (Å²) in [6.45, 7) is 4.83.